The molecule has 1 fully saturated rings. The van der Waals surface area contributed by atoms with Crippen LogP contribution in [-0.4, -0.2) is 68.6 Å². The van der Waals surface area contributed by atoms with Crippen molar-refractivity contribution in [2.75, 3.05) is 52.3 Å². The summed E-state index contributed by atoms with van der Waals surface area (Å²) in [6.45, 7) is 6.74. The summed E-state index contributed by atoms with van der Waals surface area (Å²) < 4.78 is 10.5. The molecule has 0 aromatic heterocycles. The zero-order chi connectivity index (χ0) is 21.7. The van der Waals surface area contributed by atoms with E-state index in [1.807, 2.05) is 32.0 Å². The Morgan fingerprint density at radius 3 is 2.17 bits per heavy atom. The van der Waals surface area contributed by atoms with Gasteiger partial charge in [0, 0.05) is 37.4 Å². The van der Waals surface area contributed by atoms with Crippen molar-refractivity contribution in [3.05, 3.63) is 53.1 Å². The van der Waals surface area contributed by atoms with Gasteiger partial charge in [-0.15, -0.1) is 0 Å². The number of para-hydroxylation sites is 1. The van der Waals surface area contributed by atoms with Crippen molar-refractivity contribution in [2.24, 2.45) is 0 Å². The van der Waals surface area contributed by atoms with E-state index in [4.69, 9.17) is 9.47 Å². The summed E-state index contributed by atoms with van der Waals surface area (Å²) in [6.07, 6.45) is 0. The van der Waals surface area contributed by atoms with Crippen LogP contribution in [0.2, 0.25) is 0 Å². The Hall–Kier alpha value is -3.06. The summed E-state index contributed by atoms with van der Waals surface area (Å²) in [5.74, 6) is 1.04. The second kappa shape index (κ2) is 9.63. The van der Waals surface area contributed by atoms with Gasteiger partial charge < -0.3 is 19.7 Å². The van der Waals surface area contributed by atoms with E-state index >= 15 is 0 Å². The highest BCUT2D eigenvalue weighted by Gasteiger charge is 2.24. The highest BCUT2D eigenvalue weighted by molar-refractivity contribution is 5.95. The zero-order valence-corrected chi connectivity index (χ0v) is 18.0. The molecule has 30 heavy (non-hydrogen) atoms. The van der Waals surface area contributed by atoms with E-state index in [1.54, 1.807) is 37.3 Å². The number of benzene rings is 2. The number of hydrogen-bond acceptors (Lipinski definition) is 5. The average molecular weight is 412 g/mol. The number of amides is 2. The van der Waals surface area contributed by atoms with Gasteiger partial charge in [-0.05, 0) is 43.2 Å². The van der Waals surface area contributed by atoms with E-state index < -0.39 is 0 Å². The topological polar surface area (TPSA) is 71.1 Å². The Morgan fingerprint density at radius 2 is 1.57 bits per heavy atom. The molecule has 2 amide bonds. The minimum absolute atomic E-state index is 0.0351. The van der Waals surface area contributed by atoms with Crippen molar-refractivity contribution in [2.45, 2.75) is 13.8 Å². The molecule has 0 unspecified atom stereocenters. The molecule has 1 N–H and O–H groups in total. The van der Waals surface area contributed by atoms with Crippen LogP contribution < -0.4 is 14.8 Å². The van der Waals surface area contributed by atoms with E-state index in [2.05, 4.69) is 10.2 Å². The maximum Gasteiger partial charge on any atom is 0.254 e. The quantitative estimate of drug-likeness (QED) is 0.792. The number of rotatable bonds is 6. The molecule has 160 valence electrons. The standard InChI is InChI=1S/C23H29N3O4/c1-16-6-5-7-17(2)22(16)24-21(27)15-25-10-12-26(13-11-25)23(28)18-8-9-19(29-3)20(14-18)30-4/h5-9,14H,10-13,15H2,1-4H3,(H,24,27). The van der Waals surface area contributed by atoms with E-state index in [1.165, 1.54) is 0 Å². The fraction of sp³-hybridized carbons (Fsp3) is 0.391. The Kier molecular flexibility index (Phi) is 6.95. The second-order valence-corrected chi connectivity index (χ2v) is 7.45. The van der Waals surface area contributed by atoms with Crippen molar-refractivity contribution in [3.8, 4) is 11.5 Å². The molecule has 1 heterocycles. The third-order valence-electron chi connectivity index (χ3n) is 5.40. The molecule has 1 aliphatic rings. The van der Waals surface area contributed by atoms with Gasteiger partial charge in [-0.25, -0.2) is 0 Å². The maximum absolute atomic E-state index is 12.8. The van der Waals surface area contributed by atoms with E-state index in [0.717, 1.165) is 16.8 Å². The lowest BCUT2D eigenvalue weighted by Crippen LogP contribution is -2.50. The molecule has 7 heteroatoms. The first-order valence-corrected chi connectivity index (χ1v) is 10.0. The highest BCUT2D eigenvalue weighted by atomic mass is 16.5. The number of hydrogen-bond donors (Lipinski definition) is 1. The van der Waals surface area contributed by atoms with Crippen molar-refractivity contribution >= 4 is 17.5 Å². The number of anilines is 1. The largest absolute Gasteiger partial charge is 0.493 e. The molecule has 0 bridgehead atoms. The summed E-state index contributed by atoms with van der Waals surface area (Å²) >= 11 is 0. The van der Waals surface area contributed by atoms with Crippen LogP contribution in [0, 0.1) is 13.8 Å². The lowest BCUT2D eigenvalue weighted by molar-refractivity contribution is -0.117. The monoisotopic (exact) mass is 411 g/mol. The molecule has 0 saturated carbocycles. The van der Waals surface area contributed by atoms with Crippen molar-refractivity contribution in [1.29, 1.82) is 0 Å². The first-order valence-electron chi connectivity index (χ1n) is 10.0. The fourth-order valence-electron chi connectivity index (χ4n) is 3.65. The third-order valence-corrected chi connectivity index (χ3v) is 5.40. The lowest BCUT2D eigenvalue weighted by atomic mass is 10.1. The maximum atomic E-state index is 12.8. The van der Waals surface area contributed by atoms with Crippen LogP contribution >= 0.6 is 0 Å². The molecular formula is C23H29N3O4. The van der Waals surface area contributed by atoms with Gasteiger partial charge in [0.1, 0.15) is 0 Å². The van der Waals surface area contributed by atoms with Gasteiger partial charge in [0.25, 0.3) is 5.91 Å². The smallest absolute Gasteiger partial charge is 0.254 e. The van der Waals surface area contributed by atoms with Gasteiger partial charge in [0.05, 0.1) is 20.8 Å². The summed E-state index contributed by atoms with van der Waals surface area (Å²) in [5, 5.41) is 3.02. The van der Waals surface area contributed by atoms with E-state index in [0.29, 0.717) is 49.8 Å². The van der Waals surface area contributed by atoms with Crippen LogP contribution in [0.25, 0.3) is 0 Å². The van der Waals surface area contributed by atoms with Crippen LogP contribution in [0.1, 0.15) is 21.5 Å². The second-order valence-electron chi connectivity index (χ2n) is 7.45. The van der Waals surface area contributed by atoms with Crippen molar-refractivity contribution in [3.63, 3.8) is 0 Å². The summed E-state index contributed by atoms with van der Waals surface area (Å²) in [4.78, 5) is 29.2. The van der Waals surface area contributed by atoms with Crippen LogP contribution in [0.15, 0.2) is 36.4 Å². The molecule has 0 aliphatic carbocycles. The van der Waals surface area contributed by atoms with Crippen LogP contribution in [0.4, 0.5) is 5.69 Å². The number of carbonyl (C=O) groups excluding carboxylic acids is 2. The molecule has 2 aromatic carbocycles. The highest BCUT2D eigenvalue weighted by Crippen LogP contribution is 2.28. The number of nitrogens with zero attached hydrogens (tertiary/aromatic N) is 2. The Balaban J connectivity index is 1.54. The SMILES string of the molecule is COc1ccc(C(=O)N2CCN(CC(=O)Nc3c(C)cccc3C)CC2)cc1OC. The predicted molar refractivity (Wildman–Crippen MR) is 116 cm³/mol. The summed E-state index contributed by atoms with van der Waals surface area (Å²) in [6, 6.07) is 11.1. The average Bonchev–Trinajstić information content (AvgIpc) is 2.76. The fourth-order valence-corrected chi connectivity index (χ4v) is 3.65. The molecule has 2 aromatic rings. The van der Waals surface area contributed by atoms with Crippen molar-refractivity contribution < 1.29 is 19.1 Å². The molecule has 0 spiro atoms. The van der Waals surface area contributed by atoms with Gasteiger partial charge >= 0.3 is 0 Å². The molecule has 0 radical (unpaired) electrons. The minimum atomic E-state index is -0.0458. The Morgan fingerprint density at radius 1 is 0.933 bits per heavy atom. The lowest BCUT2D eigenvalue weighted by Gasteiger charge is -2.34. The van der Waals surface area contributed by atoms with Gasteiger partial charge in [0.2, 0.25) is 5.91 Å². The number of methoxy groups -OCH3 is 2. The number of ether oxygens (including phenoxy) is 2. The number of carbonyl (C=O) groups is 2. The molecule has 7 nitrogen and oxygen atoms in total. The first kappa shape index (κ1) is 21.6. The Bertz CT molecular complexity index is 900. The minimum Gasteiger partial charge on any atom is -0.493 e. The molecule has 1 saturated heterocycles. The summed E-state index contributed by atoms with van der Waals surface area (Å²) in [5.41, 5.74) is 3.54. The van der Waals surface area contributed by atoms with E-state index in [-0.39, 0.29) is 11.8 Å². The Labute approximate surface area is 177 Å². The molecule has 0 atom stereocenters. The molecule has 3 rings (SSSR count). The van der Waals surface area contributed by atoms with Gasteiger partial charge in [-0.3, -0.25) is 14.5 Å². The zero-order valence-electron chi connectivity index (χ0n) is 18.0. The van der Waals surface area contributed by atoms with Crippen molar-refractivity contribution in [1.82, 2.24) is 9.80 Å². The third kappa shape index (κ3) is 4.91. The van der Waals surface area contributed by atoms with Crippen LogP contribution in [0.3, 0.4) is 0 Å². The molecule has 1 aliphatic heterocycles. The summed E-state index contributed by atoms with van der Waals surface area (Å²) in [7, 11) is 3.11. The number of nitrogens with one attached hydrogen (secondary N) is 1. The van der Waals surface area contributed by atoms with Gasteiger partial charge in [-0.2, -0.15) is 0 Å². The van der Waals surface area contributed by atoms with E-state index in [9.17, 15) is 9.59 Å². The van der Waals surface area contributed by atoms with Gasteiger partial charge in [-0.1, -0.05) is 18.2 Å². The first-order chi connectivity index (χ1) is 14.4. The molecular weight excluding hydrogens is 382 g/mol. The van der Waals surface area contributed by atoms with Gasteiger partial charge in [0.15, 0.2) is 11.5 Å². The predicted octanol–water partition coefficient (Wildman–Crippen LogP) is 2.72. The number of aryl methyl sites for hydroxylation is 2. The van der Waals surface area contributed by atoms with Crippen LogP contribution in [-0.2, 0) is 4.79 Å². The number of piperazine rings is 1. The normalized spacial score (nSPS) is 14.3. The van der Waals surface area contributed by atoms with Crippen LogP contribution in [0.5, 0.6) is 11.5 Å².